The van der Waals surface area contributed by atoms with Crippen LogP contribution < -0.4 is 10.5 Å². The predicted molar refractivity (Wildman–Crippen MR) is 81.8 cm³/mol. The SMILES string of the molecule is Cc1c(F)cc(N)cc1S(=O)(=O)NC1CCC(C)CC1C. The topological polar surface area (TPSA) is 72.2 Å². The third-order valence-corrected chi connectivity index (χ3v) is 5.96. The van der Waals surface area contributed by atoms with Gasteiger partial charge in [-0.25, -0.2) is 17.5 Å². The zero-order valence-corrected chi connectivity index (χ0v) is 13.5. The molecule has 4 nitrogen and oxygen atoms in total. The summed E-state index contributed by atoms with van der Waals surface area (Å²) in [7, 11) is -3.76. The van der Waals surface area contributed by atoms with E-state index in [1.54, 1.807) is 0 Å². The minimum atomic E-state index is -3.76. The highest BCUT2D eigenvalue weighted by Crippen LogP contribution is 2.30. The molecule has 1 aliphatic carbocycles. The lowest BCUT2D eigenvalue weighted by molar-refractivity contribution is 0.249. The first-order chi connectivity index (χ1) is 9.70. The third-order valence-electron chi connectivity index (χ3n) is 4.35. The molecule has 0 saturated heterocycles. The molecule has 0 radical (unpaired) electrons. The van der Waals surface area contributed by atoms with Crippen LogP contribution in [0, 0.1) is 24.6 Å². The molecule has 3 unspecified atom stereocenters. The third kappa shape index (κ3) is 3.55. The molecule has 0 bridgehead atoms. The summed E-state index contributed by atoms with van der Waals surface area (Å²) in [6.07, 6.45) is 2.81. The van der Waals surface area contributed by atoms with Crippen molar-refractivity contribution < 1.29 is 12.8 Å². The zero-order chi connectivity index (χ0) is 15.8. The second kappa shape index (κ2) is 5.93. The van der Waals surface area contributed by atoms with E-state index in [1.807, 2.05) is 0 Å². The Morgan fingerprint density at radius 2 is 1.95 bits per heavy atom. The molecular weight excluding hydrogens is 291 g/mol. The molecule has 3 N–H and O–H groups in total. The van der Waals surface area contributed by atoms with Gasteiger partial charge in [0.15, 0.2) is 0 Å². The van der Waals surface area contributed by atoms with Gasteiger partial charge < -0.3 is 5.73 Å². The highest BCUT2D eigenvalue weighted by molar-refractivity contribution is 7.89. The van der Waals surface area contributed by atoms with Gasteiger partial charge >= 0.3 is 0 Å². The average Bonchev–Trinajstić information content (AvgIpc) is 2.37. The monoisotopic (exact) mass is 314 g/mol. The Bertz CT molecular complexity index is 631. The number of halogens is 1. The Labute approximate surface area is 126 Å². The first-order valence-electron chi connectivity index (χ1n) is 7.28. The molecular formula is C15H23FN2O2S. The van der Waals surface area contributed by atoms with Crippen molar-refractivity contribution in [2.24, 2.45) is 11.8 Å². The number of anilines is 1. The predicted octanol–water partition coefficient (Wildman–Crippen LogP) is 2.82. The minimum Gasteiger partial charge on any atom is -0.399 e. The standard InChI is InChI=1S/C15H23FN2O2S/c1-9-4-5-14(10(2)6-9)18-21(19,20)15-8-12(17)7-13(16)11(15)3/h7-10,14,18H,4-6,17H2,1-3H3. The van der Waals surface area contributed by atoms with Gasteiger partial charge in [-0.15, -0.1) is 0 Å². The molecule has 1 aliphatic rings. The Morgan fingerprint density at radius 3 is 2.57 bits per heavy atom. The van der Waals surface area contributed by atoms with Gasteiger partial charge in [-0.2, -0.15) is 0 Å². The lowest BCUT2D eigenvalue weighted by Gasteiger charge is -2.33. The fraction of sp³-hybridized carbons (Fsp3) is 0.600. The molecule has 6 heteroatoms. The summed E-state index contributed by atoms with van der Waals surface area (Å²) in [5.74, 6) is 0.294. The maximum absolute atomic E-state index is 13.7. The fourth-order valence-electron chi connectivity index (χ4n) is 3.06. The number of sulfonamides is 1. The van der Waals surface area contributed by atoms with Crippen LogP contribution in [-0.2, 0) is 10.0 Å². The van der Waals surface area contributed by atoms with Crippen molar-refractivity contribution >= 4 is 15.7 Å². The van der Waals surface area contributed by atoms with Crippen molar-refractivity contribution in [2.75, 3.05) is 5.73 Å². The highest BCUT2D eigenvalue weighted by atomic mass is 32.2. The zero-order valence-electron chi connectivity index (χ0n) is 12.7. The lowest BCUT2D eigenvalue weighted by Crippen LogP contribution is -2.42. The van der Waals surface area contributed by atoms with Gasteiger partial charge in [-0.1, -0.05) is 13.8 Å². The van der Waals surface area contributed by atoms with E-state index in [0.717, 1.165) is 25.3 Å². The molecule has 1 saturated carbocycles. The quantitative estimate of drug-likeness (QED) is 0.843. The van der Waals surface area contributed by atoms with Crippen LogP contribution in [-0.4, -0.2) is 14.5 Å². The van der Waals surface area contributed by atoms with Crippen LogP contribution in [0.3, 0.4) is 0 Å². The smallest absolute Gasteiger partial charge is 0.241 e. The highest BCUT2D eigenvalue weighted by Gasteiger charge is 2.30. The van der Waals surface area contributed by atoms with Crippen molar-refractivity contribution in [2.45, 2.75) is 51.0 Å². The molecule has 2 rings (SSSR count). The van der Waals surface area contributed by atoms with Crippen LogP contribution in [0.2, 0.25) is 0 Å². The van der Waals surface area contributed by atoms with Crippen LogP contribution >= 0.6 is 0 Å². The molecule has 0 aliphatic heterocycles. The Balaban J connectivity index is 2.27. The molecule has 0 spiro atoms. The van der Waals surface area contributed by atoms with Gasteiger partial charge in [-0.05, 0) is 50.2 Å². The normalized spacial score (nSPS) is 26.8. The number of benzene rings is 1. The fourth-order valence-corrected chi connectivity index (χ4v) is 4.72. The number of nitrogens with two attached hydrogens (primary N) is 1. The molecule has 1 aromatic rings. The van der Waals surface area contributed by atoms with Crippen LogP contribution in [0.4, 0.5) is 10.1 Å². The average molecular weight is 314 g/mol. The van der Waals surface area contributed by atoms with Crippen molar-refractivity contribution in [1.29, 1.82) is 0 Å². The summed E-state index contributed by atoms with van der Waals surface area (Å²) in [6.45, 7) is 5.68. The van der Waals surface area contributed by atoms with Crippen molar-refractivity contribution in [3.05, 3.63) is 23.5 Å². The van der Waals surface area contributed by atoms with E-state index in [0.29, 0.717) is 5.92 Å². The summed E-state index contributed by atoms with van der Waals surface area (Å²) in [4.78, 5) is -0.0641. The van der Waals surface area contributed by atoms with Crippen LogP contribution in [0.5, 0.6) is 0 Å². The molecule has 0 amide bonds. The molecule has 0 aromatic heterocycles. The molecule has 118 valence electrons. The number of nitrogen functional groups attached to an aromatic ring is 1. The van der Waals surface area contributed by atoms with Crippen LogP contribution in [0.25, 0.3) is 0 Å². The summed E-state index contributed by atoms with van der Waals surface area (Å²) in [5, 5.41) is 0. The number of hydrogen-bond donors (Lipinski definition) is 2. The molecule has 0 heterocycles. The van der Waals surface area contributed by atoms with E-state index < -0.39 is 15.8 Å². The van der Waals surface area contributed by atoms with Crippen molar-refractivity contribution in [3.8, 4) is 0 Å². The second-order valence-corrected chi connectivity index (χ2v) is 7.93. The summed E-state index contributed by atoms with van der Waals surface area (Å²) >= 11 is 0. The largest absolute Gasteiger partial charge is 0.399 e. The molecule has 3 atom stereocenters. The van der Waals surface area contributed by atoms with Gasteiger partial charge in [0.1, 0.15) is 5.82 Å². The first-order valence-corrected chi connectivity index (χ1v) is 8.77. The molecule has 1 fully saturated rings. The minimum absolute atomic E-state index is 0.0641. The van der Waals surface area contributed by atoms with Gasteiger partial charge in [-0.3, -0.25) is 0 Å². The summed E-state index contributed by atoms with van der Waals surface area (Å²) in [5.41, 5.74) is 5.79. The number of rotatable bonds is 3. The number of hydrogen-bond acceptors (Lipinski definition) is 3. The second-order valence-electron chi connectivity index (χ2n) is 6.25. The van der Waals surface area contributed by atoms with Crippen LogP contribution in [0.15, 0.2) is 17.0 Å². The first kappa shape index (κ1) is 16.2. The van der Waals surface area contributed by atoms with E-state index in [4.69, 9.17) is 5.73 Å². The van der Waals surface area contributed by atoms with Gasteiger partial charge in [0, 0.05) is 17.3 Å². The lowest BCUT2D eigenvalue weighted by atomic mass is 9.80. The summed E-state index contributed by atoms with van der Waals surface area (Å²) in [6, 6.07) is 2.35. The summed E-state index contributed by atoms with van der Waals surface area (Å²) < 4.78 is 41.5. The van der Waals surface area contributed by atoms with Gasteiger partial charge in [0.05, 0.1) is 4.90 Å². The maximum atomic E-state index is 13.7. The van der Waals surface area contributed by atoms with Crippen molar-refractivity contribution in [1.82, 2.24) is 4.72 Å². The van der Waals surface area contributed by atoms with Gasteiger partial charge in [0.2, 0.25) is 10.0 Å². The molecule has 21 heavy (non-hydrogen) atoms. The van der Waals surface area contributed by atoms with Gasteiger partial charge in [0.25, 0.3) is 0 Å². The Morgan fingerprint density at radius 1 is 1.29 bits per heavy atom. The number of nitrogens with one attached hydrogen (secondary N) is 1. The van der Waals surface area contributed by atoms with E-state index >= 15 is 0 Å². The van der Waals surface area contributed by atoms with Crippen molar-refractivity contribution in [3.63, 3.8) is 0 Å². The Kier molecular flexibility index (Phi) is 4.58. The maximum Gasteiger partial charge on any atom is 0.241 e. The van der Waals surface area contributed by atoms with Crippen LogP contribution in [0.1, 0.15) is 38.7 Å². The molecule has 1 aromatic carbocycles. The van der Waals surface area contributed by atoms with E-state index in [-0.39, 0.29) is 28.1 Å². The van der Waals surface area contributed by atoms with E-state index in [1.165, 1.54) is 13.0 Å². The van der Waals surface area contributed by atoms with E-state index in [9.17, 15) is 12.8 Å². The van der Waals surface area contributed by atoms with E-state index in [2.05, 4.69) is 18.6 Å². The Hall–Kier alpha value is -1.14.